The fourth-order valence-electron chi connectivity index (χ4n) is 3.14. The van der Waals surface area contributed by atoms with Crippen LogP contribution in [-0.2, 0) is 16.1 Å². The maximum absolute atomic E-state index is 12.5. The van der Waals surface area contributed by atoms with Gasteiger partial charge in [-0.25, -0.2) is 0 Å². The van der Waals surface area contributed by atoms with E-state index in [1.54, 1.807) is 7.11 Å². The molecule has 0 radical (unpaired) electrons. The van der Waals surface area contributed by atoms with Crippen molar-refractivity contribution in [3.05, 3.63) is 23.0 Å². The summed E-state index contributed by atoms with van der Waals surface area (Å²) in [5, 5.41) is 0. The van der Waals surface area contributed by atoms with Gasteiger partial charge in [-0.15, -0.1) is 0 Å². The van der Waals surface area contributed by atoms with Crippen LogP contribution in [0.2, 0.25) is 0 Å². The highest BCUT2D eigenvalue weighted by Crippen LogP contribution is 2.26. The Labute approximate surface area is 145 Å². The zero-order chi connectivity index (χ0) is 16.9. The molecule has 1 aliphatic carbocycles. The van der Waals surface area contributed by atoms with Crippen LogP contribution in [0.25, 0.3) is 10.2 Å². The number of aromatic nitrogens is 1. The number of rotatable bonds is 6. The molecule has 0 unspecified atom stereocenters. The van der Waals surface area contributed by atoms with Gasteiger partial charge < -0.3 is 14.0 Å². The molecular weight excluding hydrogens is 324 g/mol. The van der Waals surface area contributed by atoms with E-state index in [9.17, 15) is 4.79 Å². The Hall–Kier alpha value is -1.66. The molecule has 0 spiro atoms. The smallest absolute Gasteiger partial charge is 0.251 e. The first-order chi connectivity index (χ1) is 11.7. The minimum absolute atomic E-state index is 0.0242. The Morgan fingerprint density at radius 2 is 2.17 bits per heavy atom. The van der Waals surface area contributed by atoms with Gasteiger partial charge in [0.15, 0.2) is 4.80 Å². The Balaban J connectivity index is 1.99. The summed E-state index contributed by atoms with van der Waals surface area (Å²) in [4.78, 5) is 17.7. The van der Waals surface area contributed by atoms with Crippen LogP contribution in [-0.4, -0.2) is 30.8 Å². The molecule has 0 N–H and O–H groups in total. The van der Waals surface area contributed by atoms with Crippen LogP contribution in [0.3, 0.4) is 0 Å². The molecular formula is C18H24N2O3S. The van der Waals surface area contributed by atoms with Crippen molar-refractivity contribution in [1.29, 1.82) is 0 Å². The van der Waals surface area contributed by atoms with Crippen LogP contribution in [0.15, 0.2) is 23.2 Å². The zero-order valence-corrected chi connectivity index (χ0v) is 15.1. The van der Waals surface area contributed by atoms with Gasteiger partial charge in [-0.2, -0.15) is 4.99 Å². The molecule has 5 nitrogen and oxygen atoms in total. The van der Waals surface area contributed by atoms with Crippen molar-refractivity contribution >= 4 is 27.5 Å². The van der Waals surface area contributed by atoms with E-state index in [1.807, 2.05) is 25.1 Å². The molecule has 1 aliphatic rings. The molecule has 1 amide bonds. The van der Waals surface area contributed by atoms with E-state index >= 15 is 0 Å². The number of nitrogens with zero attached hydrogens (tertiary/aromatic N) is 2. The van der Waals surface area contributed by atoms with Crippen molar-refractivity contribution in [1.82, 2.24) is 4.57 Å². The molecule has 3 rings (SSSR count). The van der Waals surface area contributed by atoms with Gasteiger partial charge in [0.05, 0.1) is 23.9 Å². The third-order valence-corrected chi connectivity index (χ3v) is 5.50. The van der Waals surface area contributed by atoms with Crippen molar-refractivity contribution in [3.8, 4) is 5.75 Å². The highest BCUT2D eigenvalue weighted by atomic mass is 32.1. The largest absolute Gasteiger partial charge is 0.497 e. The van der Waals surface area contributed by atoms with E-state index in [-0.39, 0.29) is 11.8 Å². The minimum atomic E-state index is 0.0242. The fraction of sp³-hybridized carbons (Fsp3) is 0.556. The first-order valence-corrected chi connectivity index (χ1v) is 9.38. The zero-order valence-electron chi connectivity index (χ0n) is 14.3. The van der Waals surface area contributed by atoms with Crippen LogP contribution in [0.4, 0.5) is 0 Å². The third kappa shape index (κ3) is 3.70. The van der Waals surface area contributed by atoms with E-state index in [4.69, 9.17) is 9.47 Å². The molecule has 1 aromatic heterocycles. The second-order valence-electron chi connectivity index (χ2n) is 6.00. The van der Waals surface area contributed by atoms with Gasteiger partial charge in [0.2, 0.25) is 0 Å². The van der Waals surface area contributed by atoms with Gasteiger partial charge in [-0.1, -0.05) is 24.2 Å². The molecule has 1 heterocycles. The van der Waals surface area contributed by atoms with Gasteiger partial charge in [0, 0.05) is 19.1 Å². The summed E-state index contributed by atoms with van der Waals surface area (Å²) in [5.41, 5.74) is 1.07. The summed E-state index contributed by atoms with van der Waals surface area (Å²) in [6, 6.07) is 5.96. The number of hydrogen-bond acceptors (Lipinski definition) is 4. The molecule has 2 aromatic rings. The standard InChI is InChI=1S/C18H24N2O3S/c1-3-23-11-10-20-15-9-8-14(22-2)12-16(15)24-18(20)19-17(21)13-6-4-5-7-13/h8-9,12-13H,3-7,10-11H2,1-2H3. The SMILES string of the molecule is CCOCCn1c(=NC(=O)C2CCCC2)sc2cc(OC)ccc21. The number of ether oxygens (including phenoxy) is 2. The fourth-order valence-corrected chi connectivity index (χ4v) is 4.23. The predicted octanol–water partition coefficient (Wildman–Crippen LogP) is 3.37. The van der Waals surface area contributed by atoms with Gasteiger partial charge >= 0.3 is 0 Å². The number of carbonyl (C=O) groups is 1. The molecule has 24 heavy (non-hydrogen) atoms. The van der Waals surface area contributed by atoms with Crippen LogP contribution in [0.5, 0.6) is 5.75 Å². The molecule has 1 fully saturated rings. The number of fused-ring (bicyclic) bond motifs is 1. The number of methoxy groups -OCH3 is 1. The summed E-state index contributed by atoms with van der Waals surface area (Å²) in [6.07, 6.45) is 4.22. The number of thiazole rings is 1. The molecule has 130 valence electrons. The lowest BCUT2D eigenvalue weighted by molar-refractivity contribution is -0.121. The van der Waals surface area contributed by atoms with Crippen LogP contribution >= 0.6 is 11.3 Å². The minimum Gasteiger partial charge on any atom is -0.497 e. The molecule has 1 saturated carbocycles. The third-order valence-electron chi connectivity index (χ3n) is 4.46. The molecule has 0 atom stereocenters. The predicted molar refractivity (Wildman–Crippen MR) is 95.4 cm³/mol. The average molecular weight is 348 g/mol. The van der Waals surface area contributed by atoms with Gasteiger partial charge in [-0.3, -0.25) is 4.79 Å². The van der Waals surface area contributed by atoms with E-state index in [2.05, 4.69) is 9.56 Å². The Morgan fingerprint density at radius 1 is 1.38 bits per heavy atom. The summed E-state index contributed by atoms with van der Waals surface area (Å²) >= 11 is 1.54. The van der Waals surface area contributed by atoms with Crippen molar-refractivity contribution in [2.45, 2.75) is 39.2 Å². The molecule has 1 aromatic carbocycles. The number of amides is 1. The van der Waals surface area contributed by atoms with Crippen molar-refractivity contribution < 1.29 is 14.3 Å². The van der Waals surface area contributed by atoms with E-state index in [0.717, 1.165) is 46.5 Å². The summed E-state index contributed by atoms with van der Waals surface area (Å²) in [7, 11) is 1.66. The second-order valence-corrected chi connectivity index (χ2v) is 7.01. The van der Waals surface area contributed by atoms with Crippen molar-refractivity contribution in [3.63, 3.8) is 0 Å². The maximum atomic E-state index is 12.5. The lowest BCUT2D eigenvalue weighted by Gasteiger charge is -2.07. The first kappa shape index (κ1) is 17.2. The number of hydrogen-bond donors (Lipinski definition) is 0. The molecule has 6 heteroatoms. The quantitative estimate of drug-likeness (QED) is 0.752. The average Bonchev–Trinajstić information content (AvgIpc) is 3.23. The summed E-state index contributed by atoms with van der Waals surface area (Å²) < 4.78 is 14.0. The first-order valence-electron chi connectivity index (χ1n) is 8.56. The number of carbonyl (C=O) groups excluding carboxylic acids is 1. The van der Waals surface area contributed by atoms with Crippen LogP contribution < -0.4 is 9.54 Å². The van der Waals surface area contributed by atoms with Gasteiger partial charge in [-0.05, 0) is 38.0 Å². The van der Waals surface area contributed by atoms with E-state index in [0.29, 0.717) is 19.8 Å². The number of benzene rings is 1. The normalized spacial score (nSPS) is 16.2. The highest BCUT2D eigenvalue weighted by Gasteiger charge is 2.22. The van der Waals surface area contributed by atoms with Crippen molar-refractivity contribution in [2.75, 3.05) is 20.3 Å². The van der Waals surface area contributed by atoms with Gasteiger partial charge in [0.25, 0.3) is 5.91 Å². The van der Waals surface area contributed by atoms with E-state index in [1.165, 1.54) is 11.3 Å². The second kappa shape index (κ2) is 7.94. The Bertz CT molecular complexity index is 772. The lowest BCUT2D eigenvalue weighted by atomic mass is 10.1. The lowest BCUT2D eigenvalue weighted by Crippen LogP contribution is -2.21. The highest BCUT2D eigenvalue weighted by molar-refractivity contribution is 7.16. The molecule has 0 bridgehead atoms. The van der Waals surface area contributed by atoms with E-state index < -0.39 is 0 Å². The topological polar surface area (TPSA) is 52.8 Å². The monoisotopic (exact) mass is 348 g/mol. The summed E-state index contributed by atoms with van der Waals surface area (Å²) in [5.74, 6) is 0.940. The Kier molecular flexibility index (Phi) is 5.68. The summed E-state index contributed by atoms with van der Waals surface area (Å²) in [6.45, 7) is 3.97. The Morgan fingerprint density at radius 3 is 2.88 bits per heavy atom. The van der Waals surface area contributed by atoms with Crippen LogP contribution in [0.1, 0.15) is 32.6 Å². The molecule has 0 aliphatic heterocycles. The van der Waals surface area contributed by atoms with Crippen molar-refractivity contribution in [2.24, 2.45) is 10.9 Å². The molecule has 0 saturated heterocycles. The van der Waals surface area contributed by atoms with Gasteiger partial charge in [0.1, 0.15) is 5.75 Å². The maximum Gasteiger partial charge on any atom is 0.251 e. The van der Waals surface area contributed by atoms with Crippen LogP contribution in [0, 0.1) is 5.92 Å².